The molecule has 1 saturated heterocycles. The lowest BCUT2D eigenvalue weighted by Gasteiger charge is -2.34. The van der Waals surface area contributed by atoms with Gasteiger partial charge in [-0.1, -0.05) is 18.2 Å². The van der Waals surface area contributed by atoms with Crippen molar-refractivity contribution >= 4 is 17.5 Å². The standard InChI is InChI=1S/C21H30N4O2/c22-20-15-7-6-14(12-15)19(20)21(27)24-17-8-10-25(11-9-17)13-18(26)23-16-4-2-1-3-5-16/h1-5,14-15,17,19-20H,6-13,22H2,(H,23,26)(H,24,27). The van der Waals surface area contributed by atoms with E-state index in [1.807, 2.05) is 30.3 Å². The first-order valence-corrected chi connectivity index (χ1v) is 10.2. The lowest BCUT2D eigenvalue weighted by Crippen LogP contribution is -2.51. The molecule has 4 atom stereocenters. The average Bonchev–Trinajstić information content (AvgIpc) is 3.25. The van der Waals surface area contributed by atoms with Crippen molar-refractivity contribution in [3.63, 3.8) is 0 Å². The van der Waals surface area contributed by atoms with Crippen molar-refractivity contribution in [2.45, 2.75) is 44.2 Å². The van der Waals surface area contributed by atoms with Crippen molar-refractivity contribution in [1.29, 1.82) is 0 Å². The van der Waals surface area contributed by atoms with Crippen molar-refractivity contribution in [2.24, 2.45) is 23.5 Å². The summed E-state index contributed by atoms with van der Waals surface area (Å²) in [7, 11) is 0. The van der Waals surface area contributed by atoms with Gasteiger partial charge in [0.25, 0.3) is 0 Å². The first kappa shape index (κ1) is 18.4. The Balaban J connectivity index is 1.20. The summed E-state index contributed by atoms with van der Waals surface area (Å²) in [5.41, 5.74) is 7.12. The number of carbonyl (C=O) groups excluding carboxylic acids is 2. The van der Waals surface area contributed by atoms with Crippen LogP contribution in [-0.4, -0.2) is 48.4 Å². The lowest BCUT2D eigenvalue weighted by molar-refractivity contribution is -0.128. The fourth-order valence-electron chi connectivity index (χ4n) is 5.18. The number of hydrogen-bond donors (Lipinski definition) is 3. The van der Waals surface area contributed by atoms with Gasteiger partial charge >= 0.3 is 0 Å². The summed E-state index contributed by atoms with van der Waals surface area (Å²) in [5, 5.41) is 6.17. The number of carbonyl (C=O) groups is 2. The van der Waals surface area contributed by atoms with E-state index < -0.39 is 0 Å². The third-order valence-corrected chi connectivity index (χ3v) is 6.64. The molecule has 4 unspecified atom stereocenters. The molecule has 2 aliphatic carbocycles. The zero-order valence-electron chi connectivity index (χ0n) is 15.8. The van der Waals surface area contributed by atoms with Crippen LogP contribution in [0.2, 0.25) is 0 Å². The number of para-hydroxylation sites is 1. The Morgan fingerprint density at radius 2 is 1.74 bits per heavy atom. The smallest absolute Gasteiger partial charge is 0.238 e. The van der Waals surface area contributed by atoms with Crippen LogP contribution in [0.25, 0.3) is 0 Å². The summed E-state index contributed by atoms with van der Waals surface area (Å²) in [6, 6.07) is 9.78. The van der Waals surface area contributed by atoms with Crippen LogP contribution in [0.3, 0.4) is 0 Å². The molecule has 0 aromatic heterocycles. The van der Waals surface area contributed by atoms with Gasteiger partial charge in [-0.3, -0.25) is 14.5 Å². The number of nitrogens with two attached hydrogens (primary N) is 1. The van der Waals surface area contributed by atoms with E-state index in [-0.39, 0.29) is 29.8 Å². The zero-order chi connectivity index (χ0) is 18.8. The molecule has 4 rings (SSSR count). The fraction of sp³-hybridized carbons (Fsp3) is 0.619. The van der Waals surface area contributed by atoms with Crippen molar-refractivity contribution in [1.82, 2.24) is 10.2 Å². The predicted octanol–water partition coefficient (Wildman–Crippen LogP) is 1.58. The van der Waals surface area contributed by atoms with Gasteiger partial charge in [0.2, 0.25) is 11.8 Å². The Kier molecular flexibility index (Phi) is 5.45. The SMILES string of the molecule is NC1C2CCC(C2)C1C(=O)NC1CCN(CC(=O)Nc2ccccc2)CC1. The Morgan fingerprint density at radius 1 is 1.04 bits per heavy atom. The molecule has 146 valence electrons. The number of nitrogens with one attached hydrogen (secondary N) is 2. The van der Waals surface area contributed by atoms with Gasteiger partial charge in [0.05, 0.1) is 12.5 Å². The van der Waals surface area contributed by atoms with Crippen LogP contribution in [0.5, 0.6) is 0 Å². The molecular weight excluding hydrogens is 340 g/mol. The molecule has 1 aromatic rings. The molecule has 1 aromatic carbocycles. The number of hydrogen-bond acceptors (Lipinski definition) is 4. The maximum atomic E-state index is 12.7. The monoisotopic (exact) mass is 370 g/mol. The molecule has 27 heavy (non-hydrogen) atoms. The third kappa shape index (κ3) is 4.17. The van der Waals surface area contributed by atoms with Gasteiger partial charge in [0.15, 0.2) is 0 Å². The van der Waals surface area contributed by atoms with Gasteiger partial charge in [0, 0.05) is 30.9 Å². The number of likely N-dealkylation sites (tertiary alicyclic amines) is 1. The number of benzene rings is 1. The van der Waals surface area contributed by atoms with E-state index in [0.717, 1.165) is 44.5 Å². The Hall–Kier alpha value is -1.92. The first-order valence-electron chi connectivity index (χ1n) is 10.2. The Labute approximate surface area is 160 Å². The maximum absolute atomic E-state index is 12.7. The van der Waals surface area contributed by atoms with E-state index in [4.69, 9.17) is 5.73 Å². The van der Waals surface area contributed by atoms with Crippen molar-refractivity contribution < 1.29 is 9.59 Å². The van der Waals surface area contributed by atoms with Crippen LogP contribution in [0.1, 0.15) is 32.1 Å². The molecule has 3 aliphatic rings. The van der Waals surface area contributed by atoms with E-state index in [2.05, 4.69) is 15.5 Å². The highest BCUT2D eigenvalue weighted by Gasteiger charge is 2.49. The summed E-state index contributed by atoms with van der Waals surface area (Å²) in [5.74, 6) is 1.23. The number of fused-ring (bicyclic) bond motifs is 2. The van der Waals surface area contributed by atoms with E-state index in [1.54, 1.807) is 0 Å². The van der Waals surface area contributed by atoms with Gasteiger partial charge in [-0.25, -0.2) is 0 Å². The highest BCUT2D eigenvalue weighted by atomic mass is 16.2. The summed E-state index contributed by atoms with van der Waals surface area (Å²) in [4.78, 5) is 27.1. The molecule has 2 amide bonds. The number of amides is 2. The van der Waals surface area contributed by atoms with E-state index in [0.29, 0.717) is 18.4 Å². The second kappa shape index (κ2) is 7.98. The van der Waals surface area contributed by atoms with Gasteiger partial charge in [0.1, 0.15) is 0 Å². The molecule has 2 saturated carbocycles. The number of nitrogens with zero attached hydrogens (tertiary/aromatic N) is 1. The second-order valence-corrected chi connectivity index (χ2v) is 8.41. The minimum Gasteiger partial charge on any atom is -0.353 e. The zero-order valence-corrected chi connectivity index (χ0v) is 15.8. The molecule has 1 heterocycles. The van der Waals surface area contributed by atoms with Crippen LogP contribution in [0, 0.1) is 17.8 Å². The molecule has 1 aliphatic heterocycles. The predicted molar refractivity (Wildman–Crippen MR) is 105 cm³/mol. The highest BCUT2D eigenvalue weighted by molar-refractivity contribution is 5.92. The van der Waals surface area contributed by atoms with Crippen LogP contribution in [-0.2, 0) is 9.59 Å². The molecule has 4 N–H and O–H groups in total. The summed E-state index contributed by atoms with van der Waals surface area (Å²) in [6.45, 7) is 2.05. The Bertz CT molecular complexity index is 670. The summed E-state index contributed by atoms with van der Waals surface area (Å²) < 4.78 is 0. The molecule has 6 nitrogen and oxygen atoms in total. The fourth-order valence-corrected chi connectivity index (χ4v) is 5.18. The van der Waals surface area contributed by atoms with Gasteiger partial charge in [-0.15, -0.1) is 0 Å². The maximum Gasteiger partial charge on any atom is 0.238 e. The van der Waals surface area contributed by atoms with Crippen molar-refractivity contribution in [3.8, 4) is 0 Å². The number of anilines is 1. The number of piperidine rings is 1. The van der Waals surface area contributed by atoms with Crippen LogP contribution in [0.4, 0.5) is 5.69 Å². The van der Waals surface area contributed by atoms with Gasteiger partial charge < -0.3 is 16.4 Å². The normalized spacial score (nSPS) is 31.0. The number of rotatable bonds is 5. The molecule has 3 fully saturated rings. The molecular formula is C21H30N4O2. The van der Waals surface area contributed by atoms with Crippen LogP contribution >= 0.6 is 0 Å². The van der Waals surface area contributed by atoms with E-state index in [9.17, 15) is 9.59 Å². The van der Waals surface area contributed by atoms with E-state index >= 15 is 0 Å². The summed E-state index contributed by atoms with van der Waals surface area (Å²) in [6.07, 6.45) is 5.26. The van der Waals surface area contributed by atoms with Crippen molar-refractivity contribution in [2.75, 3.05) is 25.0 Å². The van der Waals surface area contributed by atoms with Gasteiger partial charge in [-0.2, -0.15) is 0 Å². The van der Waals surface area contributed by atoms with Crippen LogP contribution in [0.15, 0.2) is 30.3 Å². The molecule has 2 bridgehead atoms. The first-order chi connectivity index (χ1) is 13.1. The van der Waals surface area contributed by atoms with Gasteiger partial charge in [-0.05, 0) is 56.1 Å². The lowest BCUT2D eigenvalue weighted by atomic mass is 9.84. The van der Waals surface area contributed by atoms with E-state index in [1.165, 1.54) is 6.42 Å². The minimum absolute atomic E-state index is 0.0108. The van der Waals surface area contributed by atoms with Crippen molar-refractivity contribution in [3.05, 3.63) is 30.3 Å². The average molecular weight is 370 g/mol. The van der Waals surface area contributed by atoms with Crippen LogP contribution < -0.4 is 16.4 Å². The highest BCUT2D eigenvalue weighted by Crippen LogP contribution is 2.47. The topological polar surface area (TPSA) is 87.5 Å². The quantitative estimate of drug-likeness (QED) is 0.734. The minimum atomic E-state index is 0.0108. The molecule has 0 radical (unpaired) electrons. The molecule has 0 spiro atoms. The largest absolute Gasteiger partial charge is 0.353 e. The molecule has 6 heteroatoms. The second-order valence-electron chi connectivity index (χ2n) is 8.41. The Morgan fingerprint density at radius 3 is 2.41 bits per heavy atom. The third-order valence-electron chi connectivity index (χ3n) is 6.64. The summed E-state index contributed by atoms with van der Waals surface area (Å²) >= 11 is 0.